The Morgan fingerprint density at radius 2 is 2.00 bits per heavy atom. The van der Waals surface area contributed by atoms with Gasteiger partial charge in [-0.1, -0.05) is 29.8 Å². The van der Waals surface area contributed by atoms with Crippen molar-refractivity contribution in [1.29, 1.82) is 0 Å². The molecule has 20 heavy (non-hydrogen) atoms. The molecule has 2 unspecified atom stereocenters. The largest absolute Gasteiger partial charge is 0.309 e. The van der Waals surface area contributed by atoms with Gasteiger partial charge < -0.3 is 4.90 Å². The number of carbonyl (C=O) groups is 2. The van der Waals surface area contributed by atoms with Gasteiger partial charge in [-0.2, -0.15) is 0 Å². The molecule has 0 spiro atoms. The second-order valence-electron chi connectivity index (χ2n) is 5.80. The molecule has 1 aliphatic heterocycles. The lowest BCUT2D eigenvalue weighted by Gasteiger charge is -2.20. The molecular formula is C16H20BrNO2. The van der Waals surface area contributed by atoms with E-state index in [1.165, 1.54) is 0 Å². The van der Waals surface area contributed by atoms with E-state index in [4.69, 9.17) is 0 Å². The summed E-state index contributed by atoms with van der Waals surface area (Å²) in [5.41, 5.74) is 2.75. The Hall–Kier alpha value is -1.16. The highest BCUT2D eigenvalue weighted by molar-refractivity contribution is 9.10. The molecule has 108 valence electrons. The highest BCUT2D eigenvalue weighted by Crippen LogP contribution is 2.33. The molecule has 0 saturated carbocycles. The number of benzene rings is 1. The first-order chi connectivity index (χ1) is 9.32. The summed E-state index contributed by atoms with van der Waals surface area (Å²) in [6.45, 7) is 7.65. The standard InChI is InChI=1S/C16H20BrNO2/c1-9(2)15(17)16(20)12-5-6-14-13(8-12)7-10(3)18(14)11(4)19/h5-6,8-10,15H,7H2,1-4H3. The Kier molecular flexibility index (Phi) is 4.33. The molecule has 1 aromatic carbocycles. The normalized spacial score (nSPS) is 19.1. The number of Topliss-reactive ketones (excluding diaryl/α,β-unsaturated/α-hetero) is 1. The molecule has 0 radical (unpaired) electrons. The Labute approximate surface area is 128 Å². The Morgan fingerprint density at radius 3 is 2.55 bits per heavy atom. The molecule has 4 heteroatoms. The van der Waals surface area contributed by atoms with E-state index in [9.17, 15) is 9.59 Å². The van der Waals surface area contributed by atoms with E-state index >= 15 is 0 Å². The number of rotatable bonds is 3. The van der Waals surface area contributed by atoms with Crippen molar-refractivity contribution in [3.8, 4) is 0 Å². The number of hydrogen-bond acceptors (Lipinski definition) is 2. The molecule has 0 N–H and O–H groups in total. The van der Waals surface area contributed by atoms with Crippen LogP contribution in [0.4, 0.5) is 5.69 Å². The van der Waals surface area contributed by atoms with Crippen LogP contribution in [0, 0.1) is 5.92 Å². The number of nitrogens with zero attached hydrogens (tertiary/aromatic N) is 1. The Balaban J connectivity index is 2.33. The minimum atomic E-state index is -0.164. The fraction of sp³-hybridized carbons (Fsp3) is 0.500. The minimum absolute atomic E-state index is 0.0517. The van der Waals surface area contributed by atoms with Crippen LogP contribution in [0.5, 0.6) is 0 Å². The topological polar surface area (TPSA) is 37.4 Å². The molecule has 0 aromatic heterocycles. The first-order valence-corrected chi connectivity index (χ1v) is 7.85. The van der Waals surface area contributed by atoms with Crippen molar-refractivity contribution in [1.82, 2.24) is 0 Å². The van der Waals surface area contributed by atoms with Gasteiger partial charge in [0.1, 0.15) is 0 Å². The predicted molar refractivity (Wildman–Crippen MR) is 84.7 cm³/mol. The van der Waals surface area contributed by atoms with Gasteiger partial charge >= 0.3 is 0 Å². The summed E-state index contributed by atoms with van der Waals surface area (Å²) in [6, 6.07) is 5.82. The quantitative estimate of drug-likeness (QED) is 0.624. The first-order valence-electron chi connectivity index (χ1n) is 6.94. The van der Waals surface area contributed by atoms with E-state index in [2.05, 4.69) is 15.9 Å². The summed E-state index contributed by atoms with van der Waals surface area (Å²) in [5, 5.41) is 0. The fourth-order valence-electron chi connectivity index (χ4n) is 2.73. The molecule has 2 atom stereocenters. The van der Waals surface area contributed by atoms with Crippen LogP contribution in [0.3, 0.4) is 0 Å². The third-order valence-electron chi connectivity index (χ3n) is 3.75. The molecule has 0 fully saturated rings. The van der Waals surface area contributed by atoms with E-state index in [1.54, 1.807) is 11.8 Å². The van der Waals surface area contributed by atoms with Crippen molar-refractivity contribution in [3.63, 3.8) is 0 Å². The lowest BCUT2D eigenvalue weighted by atomic mass is 9.98. The molecule has 2 rings (SSSR count). The van der Waals surface area contributed by atoms with Gasteiger partial charge in [0, 0.05) is 24.2 Å². The second kappa shape index (κ2) is 5.68. The molecule has 1 heterocycles. The number of halogens is 1. The fourth-order valence-corrected chi connectivity index (χ4v) is 2.99. The van der Waals surface area contributed by atoms with Gasteiger partial charge in [-0.25, -0.2) is 0 Å². The number of ketones is 1. The molecule has 0 bridgehead atoms. The highest BCUT2D eigenvalue weighted by atomic mass is 79.9. The predicted octanol–water partition coefficient (Wildman–Crippen LogP) is 3.59. The van der Waals surface area contributed by atoms with Crippen LogP contribution in [-0.2, 0) is 11.2 Å². The summed E-state index contributed by atoms with van der Waals surface area (Å²) in [5.74, 6) is 0.413. The monoisotopic (exact) mass is 337 g/mol. The molecule has 3 nitrogen and oxygen atoms in total. The van der Waals surface area contributed by atoms with E-state index in [0.29, 0.717) is 0 Å². The summed E-state index contributed by atoms with van der Waals surface area (Å²) in [4.78, 5) is 25.7. The van der Waals surface area contributed by atoms with E-state index in [0.717, 1.165) is 23.2 Å². The van der Waals surface area contributed by atoms with Crippen molar-refractivity contribution in [3.05, 3.63) is 29.3 Å². The van der Waals surface area contributed by atoms with Crippen LogP contribution in [0.1, 0.15) is 43.6 Å². The number of hydrogen-bond donors (Lipinski definition) is 0. The van der Waals surface area contributed by atoms with Gasteiger partial charge in [0.15, 0.2) is 5.78 Å². The number of amides is 1. The average molecular weight is 338 g/mol. The molecule has 0 aliphatic carbocycles. The van der Waals surface area contributed by atoms with Crippen molar-refractivity contribution in [2.24, 2.45) is 5.92 Å². The molecule has 0 saturated heterocycles. The van der Waals surface area contributed by atoms with E-state index in [-0.39, 0.29) is 28.5 Å². The molecule has 1 aromatic rings. The first kappa shape index (κ1) is 15.2. The number of carbonyl (C=O) groups excluding carboxylic acids is 2. The van der Waals surface area contributed by atoms with Crippen LogP contribution in [0.2, 0.25) is 0 Å². The van der Waals surface area contributed by atoms with Gasteiger partial charge in [0.25, 0.3) is 0 Å². The van der Waals surface area contributed by atoms with Gasteiger partial charge in [-0.05, 0) is 43.0 Å². The zero-order valence-electron chi connectivity index (χ0n) is 12.3. The van der Waals surface area contributed by atoms with Crippen molar-refractivity contribution in [2.75, 3.05) is 4.90 Å². The maximum atomic E-state index is 12.4. The lowest BCUT2D eigenvalue weighted by Crippen LogP contribution is -2.33. The van der Waals surface area contributed by atoms with Crippen LogP contribution in [0.25, 0.3) is 0 Å². The smallest absolute Gasteiger partial charge is 0.224 e. The zero-order chi connectivity index (χ0) is 15.0. The van der Waals surface area contributed by atoms with Gasteiger partial charge in [-0.15, -0.1) is 0 Å². The maximum Gasteiger partial charge on any atom is 0.224 e. The molecule has 1 aliphatic rings. The van der Waals surface area contributed by atoms with E-state index < -0.39 is 0 Å². The van der Waals surface area contributed by atoms with Crippen molar-refractivity contribution in [2.45, 2.75) is 45.0 Å². The van der Waals surface area contributed by atoms with E-state index in [1.807, 2.05) is 39.0 Å². The number of anilines is 1. The summed E-state index contributed by atoms with van der Waals surface area (Å²) in [6.07, 6.45) is 0.810. The van der Waals surface area contributed by atoms with Gasteiger partial charge in [0.05, 0.1) is 4.83 Å². The molecule has 1 amide bonds. The third-order valence-corrected chi connectivity index (χ3v) is 5.23. The van der Waals surface area contributed by atoms with Gasteiger partial charge in [-0.3, -0.25) is 9.59 Å². The minimum Gasteiger partial charge on any atom is -0.309 e. The Bertz CT molecular complexity index is 553. The average Bonchev–Trinajstić information content (AvgIpc) is 2.71. The van der Waals surface area contributed by atoms with Crippen LogP contribution >= 0.6 is 15.9 Å². The second-order valence-corrected chi connectivity index (χ2v) is 6.78. The SMILES string of the molecule is CC(=O)N1c2ccc(C(=O)C(Br)C(C)C)cc2CC1C. The van der Waals surface area contributed by atoms with Crippen LogP contribution < -0.4 is 4.90 Å². The van der Waals surface area contributed by atoms with Crippen LogP contribution in [-0.4, -0.2) is 22.6 Å². The van der Waals surface area contributed by atoms with Gasteiger partial charge in [0.2, 0.25) is 5.91 Å². The third kappa shape index (κ3) is 2.66. The van der Waals surface area contributed by atoms with Crippen molar-refractivity contribution >= 4 is 33.3 Å². The highest BCUT2D eigenvalue weighted by Gasteiger charge is 2.30. The lowest BCUT2D eigenvalue weighted by molar-refractivity contribution is -0.116. The molecular weight excluding hydrogens is 318 g/mol. The number of fused-ring (bicyclic) bond motifs is 1. The number of alkyl halides is 1. The maximum absolute atomic E-state index is 12.4. The summed E-state index contributed by atoms with van der Waals surface area (Å²) >= 11 is 3.46. The summed E-state index contributed by atoms with van der Waals surface area (Å²) < 4.78 is 0. The zero-order valence-corrected chi connectivity index (χ0v) is 13.9. The Morgan fingerprint density at radius 1 is 1.35 bits per heavy atom. The van der Waals surface area contributed by atoms with Crippen molar-refractivity contribution < 1.29 is 9.59 Å². The summed E-state index contributed by atoms with van der Waals surface area (Å²) in [7, 11) is 0. The van der Waals surface area contributed by atoms with Crippen LogP contribution in [0.15, 0.2) is 18.2 Å².